The summed E-state index contributed by atoms with van der Waals surface area (Å²) in [5.74, 6) is -0.874. The van der Waals surface area contributed by atoms with Crippen LogP contribution < -0.4 is 4.72 Å². The lowest BCUT2D eigenvalue weighted by molar-refractivity contribution is -0.135. The number of carbonyl (C=O) groups is 2. The molecule has 1 atom stereocenters. The van der Waals surface area contributed by atoms with Crippen LogP contribution >= 0.6 is 0 Å². The number of rotatable bonds is 8. The Hall–Kier alpha value is -1.93. The van der Waals surface area contributed by atoms with E-state index in [0.717, 1.165) is 25.7 Å². The van der Waals surface area contributed by atoms with E-state index in [9.17, 15) is 18.0 Å². The number of sulfonamides is 1. The number of carbonyl (C=O) groups excluding carboxylic acids is 2. The Morgan fingerprint density at radius 1 is 1.18 bits per heavy atom. The summed E-state index contributed by atoms with van der Waals surface area (Å²) in [5, 5.41) is 0. The molecule has 8 heteroatoms. The molecule has 1 aliphatic rings. The fourth-order valence-corrected chi connectivity index (χ4v) is 4.50. The molecule has 1 amide bonds. The van der Waals surface area contributed by atoms with Crippen LogP contribution in [-0.2, 0) is 19.6 Å². The third kappa shape index (κ3) is 6.04. The van der Waals surface area contributed by atoms with Crippen LogP contribution in [0, 0.1) is 0 Å². The first-order chi connectivity index (χ1) is 13.2. The third-order valence-electron chi connectivity index (χ3n) is 5.21. The van der Waals surface area contributed by atoms with Crippen molar-refractivity contribution in [3.05, 3.63) is 29.8 Å². The van der Waals surface area contributed by atoms with E-state index >= 15 is 0 Å². The summed E-state index contributed by atoms with van der Waals surface area (Å²) >= 11 is 0. The molecule has 0 aliphatic heterocycles. The van der Waals surface area contributed by atoms with E-state index < -0.39 is 16.0 Å². The third-order valence-corrected chi connectivity index (χ3v) is 6.82. The second-order valence-electron chi connectivity index (χ2n) is 7.33. The monoisotopic (exact) mass is 410 g/mol. The lowest BCUT2D eigenvalue weighted by Gasteiger charge is -2.31. The average molecular weight is 411 g/mol. The molecule has 0 radical (unpaired) electrons. The van der Waals surface area contributed by atoms with E-state index in [-0.39, 0.29) is 35.1 Å². The van der Waals surface area contributed by atoms with Gasteiger partial charge in [-0.05, 0) is 50.5 Å². The van der Waals surface area contributed by atoms with Crippen LogP contribution in [0.3, 0.4) is 0 Å². The fourth-order valence-electron chi connectivity index (χ4n) is 3.17. The molecule has 28 heavy (non-hydrogen) atoms. The number of ether oxygens (including phenoxy) is 1. The standard InChI is InChI=1S/C20H30N2O5S/c1-4-15(2)21-28(25,26)18-12-10-16(11-13-18)20(24)27-14-19(23)22(3)17-8-6-5-7-9-17/h10-13,15,17,21H,4-9,14H2,1-3H3/t15-/m0/s1. The van der Waals surface area contributed by atoms with Gasteiger partial charge in [0.15, 0.2) is 6.61 Å². The molecule has 7 nitrogen and oxygen atoms in total. The fraction of sp³-hybridized carbons (Fsp3) is 0.600. The van der Waals surface area contributed by atoms with Crippen LogP contribution in [0.5, 0.6) is 0 Å². The Labute approximate surface area is 167 Å². The van der Waals surface area contributed by atoms with Gasteiger partial charge in [-0.1, -0.05) is 26.2 Å². The van der Waals surface area contributed by atoms with Gasteiger partial charge in [-0.25, -0.2) is 17.9 Å². The maximum absolute atomic E-state index is 12.3. The Balaban J connectivity index is 1.91. The molecule has 0 saturated heterocycles. The summed E-state index contributed by atoms with van der Waals surface area (Å²) in [7, 11) is -1.88. The number of benzene rings is 1. The minimum Gasteiger partial charge on any atom is -0.452 e. The van der Waals surface area contributed by atoms with Gasteiger partial charge in [0.2, 0.25) is 10.0 Å². The zero-order chi connectivity index (χ0) is 20.7. The first-order valence-electron chi connectivity index (χ1n) is 9.79. The second-order valence-corrected chi connectivity index (χ2v) is 9.04. The molecule has 0 unspecified atom stereocenters. The van der Waals surface area contributed by atoms with Gasteiger partial charge in [0.05, 0.1) is 10.5 Å². The van der Waals surface area contributed by atoms with E-state index in [1.807, 2.05) is 6.92 Å². The molecule has 1 aromatic rings. The number of nitrogens with zero attached hydrogens (tertiary/aromatic N) is 1. The molecule has 0 bridgehead atoms. The zero-order valence-corrected chi connectivity index (χ0v) is 17.6. The minimum atomic E-state index is -3.63. The van der Waals surface area contributed by atoms with Crippen LogP contribution in [0.2, 0.25) is 0 Å². The summed E-state index contributed by atoms with van der Waals surface area (Å²) in [4.78, 5) is 26.2. The molecule has 0 spiro atoms. The molecular weight excluding hydrogens is 380 g/mol. The minimum absolute atomic E-state index is 0.0810. The maximum Gasteiger partial charge on any atom is 0.338 e. The molecule has 0 aromatic heterocycles. The Bertz CT molecular complexity index is 770. The maximum atomic E-state index is 12.3. The SMILES string of the molecule is CC[C@H](C)NS(=O)(=O)c1ccc(C(=O)OCC(=O)N(C)C2CCCCC2)cc1. The van der Waals surface area contributed by atoms with Crippen molar-refractivity contribution in [2.75, 3.05) is 13.7 Å². The van der Waals surface area contributed by atoms with Crippen LogP contribution in [0.25, 0.3) is 0 Å². The van der Waals surface area contributed by atoms with Crippen molar-refractivity contribution in [1.82, 2.24) is 9.62 Å². The highest BCUT2D eigenvalue weighted by atomic mass is 32.2. The molecule has 1 N–H and O–H groups in total. The van der Waals surface area contributed by atoms with Crippen molar-refractivity contribution in [3.8, 4) is 0 Å². The number of amides is 1. The number of nitrogens with one attached hydrogen (secondary N) is 1. The summed E-state index contributed by atoms with van der Waals surface area (Å²) in [6, 6.07) is 5.53. The smallest absolute Gasteiger partial charge is 0.338 e. The molecular formula is C20H30N2O5S. The van der Waals surface area contributed by atoms with E-state index in [4.69, 9.17) is 4.74 Å². The highest BCUT2D eigenvalue weighted by molar-refractivity contribution is 7.89. The number of esters is 1. The van der Waals surface area contributed by atoms with Crippen molar-refractivity contribution in [3.63, 3.8) is 0 Å². The van der Waals surface area contributed by atoms with Crippen LogP contribution in [0.1, 0.15) is 62.7 Å². The number of hydrogen-bond donors (Lipinski definition) is 1. The first kappa shape index (κ1) is 22.4. The van der Waals surface area contributed by atoms with E-state index in [1.54, 1.807) is 18.9 Å². The Morgan fingerprint density at radius 2 is 1.79 bits per heavy atom. The van der Waals surface area contributed by atoms with Crippen molar-refractivity contribution < 1.29 is 22.7 Å². The van der Waals surface area contributed by atoms with E-state index in [1.165, 1.54) is 30.7 Å². The lowest BCUT2D eigenvalue weighted by Crippen LogP contribution is -2.40. The Morgan fingerprint density at radius 3 is 2.36 bits per heavy atom. The van der Waals surface area contributed by atoms with E-state index in [2.05, 4.69) is 4.72 Å². The predicted octanol–water partition coefficient (Wildman–Crippen LogP) is 2.71. The molecule has 1 fully saturated rings. The zero-order valence-electron chi connectivity index (χ0n) is 16.8. The summed E-state index contributed by atoms with van der Waals surface area (Å²) in [5.41, 5.74) is 0.204. The molecule has 1 aromatic carbocycles. The van der Waals surface area contributed by atoms with Crippen LogP contribution in [0.15, 0.2) is 29.2 Å². The summed E-state index contributed by atoms with van der Waals surface area (Å²) < 4.78 is 32.2. The largest absolute Gasteiger partial charge is 0.452 e. The van der Waals surface area contributed by atoms with Crippen molar-refractivity contribution in [2.45, 2.75) is 69.4 Å². The van der Waals surface area contributed by atoms with Crippen molar-refractivity contribution >= 4 is 21.9 Å². The highest BCUT2D eigenvalue weighted by Gasteiger charge is 2.23. The van der Waals surface area contributed by atoms with Gasteiger partial charge in [-0.3, -0.25) is 4.79 Å². The van der Waals surface area contributed by atoms with Crippen LogP contribution in [-0.4, -0.2) is 50.9 Å². The number of hydrogen-bond acceptors (Lipinski definition) is 5. The topological polar surface area (TPSA) is 92.8 Å². The van der Waals surface area contributed by atoms with Gasteiger partial charge < -0.3 is 9.64 Å². The molecule has 2 rings (SSSR count). The quantitative estimate of drug-likeness (QED) is 0.665. The molecule has 0 heterocycles. The second kappa shape index (κ2) is 10.0. The average Bonchev–Trinajstić information content (AvgIpc) is 2.71. The highest BCUT2D eigenvalue weighted by Crippen LogP contribution is 2.21. The summed E-state index contributed by atoms with van der Waals surface area (Å²) in [6.45, 7) is 3.35. The molecule has 1 aliphatic carbocycles. The van der Waals surface area contributed by atoms with Gasteiger partial charge in [-0.15, -0.1) is 0 Å². The summed E-state index contributed by atoms with van der Waals surface area (Å²) in [6.07, 6.45) is 6.07. The van der Waals surface area contributed by atoms with Gasteiger partial charge in [0.25, 0.3) is 5.91 Å². The molecule has 1 saturated carbocycles. The van der Waals surface area contributed by atoms with Gasteiger partial charge in [0, 0.05) is 19.1 Å². The van der Waals surface area contributed by atoms with Crippen LogP contribution in [0.4, 0.5) is 0 Å². The van der Waals surface area contributed by atoms with Gasteiger partial charge in [-0.2, -0.15) is 0 Å². The first-order valence-corrected chi connectivity index (χ1v) is 11.3. The van der Waals surface area contributed by atoms with Crippen molar-refractivity contribution in [1.29, 1.82) is 0 Å². The van der Waals surface area contributed by atoms with Gasteiger partial charge >= 0.3 is 5.97 Å². The van der Waals surface area contributed by atoms with Gasteiger partial charge in [0.1, 0.15) is 0 Å². The predicted molar refractivity (Wildman–Crippen MR) is 106 cm³/mol. The number of likely N-dealkylation sites (N-methyl/N-ethyl adjacent to an activating group) is 1. The Kier molecular flexibility index (Phi) is 8.00. The van der Waals surface area contributed by atoms with E-state index in [0.29, 0.717) is 6.42 Å². The van der Waals surface area contributed by atoms with Crippen molar-refractivity contribution in [2.24, 2.45) is 0 Å². The molecule has 156 valence electrons. The lowest BCUT2D eigenvalue weighted by atomic mass is 9.94. The normalized spacial score (nSPS) is 16.4.